The summed E-state index contributed by atoms with van der Waals surface area (Å²) >= 11 is 0. The van der Waals surface area contributed by atoms with E-state index in [4.69, 9.17) is 33.1 Å². The average molecular weight is 1460 g/mol. The quantitative estimate of drug-likeness (QED) is 0.0355. The van der Waals surface area contributed by atoms with Gasteiger partial charge in [0.1, 0.15) is 34.2 Å². The molecule has 0 spiro atoms. The predicted octanol–water partition coefficient (Wildman–Crippen LogP) is 21.6. The summed E-state index contributed by atoms with van der Waals surface area (Å²) in [6.45, 7) is 51.7. The standard InChI is InChI=1S/C98H114B2N6O4/c1-65-48-52-84-82(54-65)103-93(109-84)81(62-101)91-86-87(90(105(91)99(75-36-24-20-25-37-75)76-38-26-21-27-39-76)72-35-33-45-80(57-72)108-64-74(70(6)61-98(16,17)18)51-47-68(4)59-96(10,11)12)92(88(102-19)94-104-83-55-66(2)49-53-85(83)110-94)106(100(77-40-28-22-29-41-77)78-42-30-23-31-43-78)89(86)71-34-32-44-79(56-71)107-63-73(69(5)60-97(13,14)15)50-46-67(3)58-95(7,8)9/h20-45,48-49,52-57,67-70,73-74H,46-47,50-51,58-61,63-64H2,1-18H3/b91-81-,92-88+. The molecule has 0 radical (unpaired) electrons. The van der Waals surface area contributed by atoms with Gasteiger partial charge in [0.15, 0.2) is 11.2 Å². The third kappa shape index (κ3) is 19.0. The maximum absolute atomic E-state index is 12.8. The van der Waals surface area contributed by atoms with Crippen LogP contribution in [0.1, 0.15) is 185 Å². The van der Waals surface area contributed by atoms with E-state index in [0.717, 1.165) is 107 Å². The van der Waals surface area contributed by atoms with Gasteiger partial charge in [0.25, 0.3) is 5.70 Å². The van der Waals surface area contributed by atoms with Gasteiger partial charge in [0.05, 0.1) is 30.5 Å². The van der Waals surface area contributed by atoms with Crippen LogP contribution in [0.3, 0.4) is 0 Å². The van der Waals surface area contributed by atoms with Crippen LogP contribution < -0.4 is 42.0 Å². The molecule has 6 atom stereocenters. The van der Waals surface area contributed by atoms with E-state index in [1.54, 1.807) is 0 Å². The Kier molecular flexibility index (Phi) is 24.3. The van der Waals surface area contributed by atoms with E-state index in [-0.39, 0.29) is 56.5 Å². The maximum Gasteiger partial charge on any atom is 0.328 e. The molecular formula is C98H114B2N6O4. The van der Waals surface area contributed by atoms with E-state index >= 15 is 0 Å². The number of benzene rings is 8. The zero-order valence-corrected chi connectivity index (χ0v) is 68.6. The van der Waals surface area contributed by atoms with Gasteiger partial charge in [0.2, 0.25) is 11.8 Å². The highest BCUT2D eigenvalue weighted by atomic mass is 16.5. The van der Waals surface area contributed by atoms with Crippen molar-refractivity contribution in [2.75, 3.05) is 13.2 Å². The van der Waals surface area contributed by atoms with E-state index in [1.807, 2.05) is 50.2 Å². The molecule has 110 heavy (non-hydrogen) atoms. The van der Waals surface area contributed by atoms with Crippen molar-refractivity contribution in [1.29, 1.82) is 5.26 Å². The molecule has 4 heterocycles. The topological polar surface area (TPSA) is 109 Å². The van der Waals surface area contributed by atoms with Crippen LogP contribution in [0.15, 0.2) is 215 Å². The van der Waals surface area contributed by atoms with E-state index in [9.17, 15) is 11.8 Å². The summed E-state index contributed by atoms with van der Waals surface area (Å²) in [6.07, 6.45) is 8.67. The number of oxazole rings is 2. The van der Waals surface area contributed by atoms with E-state index < -0.39 is 13.7 Å². The minimum absolute atomic E-state index is 0.116. The van der Waals surface area contributed by atoms with Crippen LogP contribution in [0.2, 0.25) is 0 Å². The summed E-state index contributed by atoms with van der Waals surface area (Å²) in [7, 11) is 0. The molecule has 10 nitrogen and oxygen atoms in total. The highest BCUT2D eigenvalue weighted by molar-refractivity contribution is 6.85. The number of nitriles is 1. The van der Waals surface area contributed by atoms with Gasteiger partial charge in [-0.25, -0.2) is 14.8 Å². The fraction of sp³-hybridized carbons (Fsp3) is 0.388. The lowest BCUT2D eigenvalue weighted by Crippen LogP contribution is -2.54. The third-order valence-electron chi connectivity index (χ3n) is 21.9. The van der Waals surface area contributed by atoms with Gasteiger partial charge >= 0.3 is 13.7 Å². The molecule has 0 saturated heterocycles. The third-order valence-corrected chi connectivity index (χ3v) is 21.9. The van der Waals surface area contributed by atoms with Crippen molar-refractivity contribution in [2.45, 2.75) is 176 Å². The maximum atomic E-state index is 12.8. The number of hydrogen-bond donors (Lipinski definition) is 0. The molecule has 12 aromatic rings. The Balaban J connectivity index is 1.27. The molecule has 8 aromatic carbocycles. The molecule has 0 N–H and O–H groups in total. The van der Waals surface area contributed by atoms with E-state index in [2.05, 4.69) is 296 Å². The second-order valence-electron chi connectivity index (χ2n) is 36.8. The van der Waals surface area contributed by atoms with Gasteiger partial charge < -0.3 is 27.3 Å². The molecule has 0 bridgehead atoms. The highest BCUT2D eigenvalue weighted by Crippen LogP contribution is 2.42. The van der Waals surface area contributed by atoms with Crippen molar-refractivity contribution in [1.82, 2.24) is 18.9 Å². The van der Waals surface area contributed by atoms with Gasteiger partial charge in [-0.3, -0.25) is 0 Å². The summed E-state index contributed by atoms with van der Waals surface area (Å²) < 4.78 is 33.6. The van der Waals surface area contributed by atoms with Gasteiger partial charge in [0, 0.05) is 33.3 Å². The lowest BCUT2D eigenvalue weighted by molar-refractivity contribution is 0.147. The first-order valence-electron chi connectivity index (χ1n) is 40.2. The number of aryl methyl sites for hydroxylation is 2. The first-order chi connectivity index (χ1) is 52.4. The minimum Gasteiger partial charge on any atom is -0.493 e. The van der Waals surface area contributed by atoms with Crippen molar-refractivity contribution in [3.8, 4) is 40.1 Å². The summed E-state index contributed by atoms with van der Waals surface area (Å²) in [5.74, 6) is 4.10. The summed E-state index contributed by atoms with van der Waals surface area (Å²) in [5.41, 5.74) is 12.3. The van der Waals surface area contributed by atoms with Gasteiger partial charge in [-0.05, 0) is 169 Å². The van der Waals surface area contributed by atoms with E-state index in [1.165, 1.54) is 0 Å². The molecule has 0 fully saturated rings. The molecule has 0 amide bonds. The van der Waals surface area contributed by atoms with Crippen LogP contribution >= 0.6 is 0 Å². The second kappa shape index (κ2) is 33.7. The number of ether oxygens (including phenoxy) is 2. The molecule has 12 rings (SSSR count). The Morgan fingerprint density at radius 3 is 1.19 bits per heavy atom. The van der Waals surface area contributed by atoms with Crippen molar-refractivity contribution >= 4 is 79.8 Å². The first kappa shape index (κ1) is 79.5. The fourth-order valence-corrected chi connectivity index (χ4v) is 17.7. The number of aromatic nitrogens is 4. The van der Waals surface area contributed by atoms with Crippen LogP contribution in [-0.4, -0.2) is 45.8 Å². The molecule has 0 aliphatic heterocycles. The molecule has 0 saturated carbocycles. The molecule has 0 aliphatic carbocycles. The lowest BCUT2D eigenvalue weighted by atomic mass is 9.50. The molecule has 0 aliphatic rings. The minimum atomic E-state index is -0.642. The Bertz CT molecular complexity index is 4950. The van der Waals surface area contributed by atoms with Crippen molar-refractivity contribution in [2.24, 2.45) is 57.2 Å². The lowest BCUT2D eigenvalue weighted by Gasteiger charge is -2.31. The highest BCUT2D eigenvalue weighted by Gasteiger charge is 2.39. The number of nitrogens with zero attached hydrogens (tertiary/aromatic N) is 6. The van der Waals surface area contributed by atoms with Gasteiger partial charge in [-0.2, -0.15) is 5.26 Å². The Morgan fingerprint density at radius 1 is 0.455 bits per heavy atom. The molecule has 6 unspecified atom stereocenters. The predicted molar refractivity (Wildman–Crippen MR) is 461 cm³/mol. The van der Waals surface area contributed by atoms with Crippen LogP contribution in [0, 0.1) is 88.9 Å². The van der Waals surface area contributed by atoms with Gasteiger partial charge in [-0.15, -0.1) is 0 Å². The average Bonchev–Trinajstić information content (AvgIpc) is 1.52. The summed E-state index contributed by atoms with van der Waals surface area (Å²) in [5, 5.41) is 15.3. The summed E-state index contributed by atoms with van der Waals surface area (Å²) in [6, 6.07) is 74.2. The van der Waals surface area contributed by atoms with Crippen LogP contribution in [0.5, 0.6) is 11.5 Å². The van der Waals surface area contributed by atoms with Crippen LogP contribution in [0.25, 0.3) is 71.6 Å². The molecule has 12 heteroatoms. The van der Waals surface area contributed by atoms with Crippen molar-refractivity contribution in [3.63, 3.8) is 0 Å². The largest absolute Gasteiger partial charge is 0.493 e. The monoisotopic (exact) mass is 1460 g/mol. The van der Waals surface area contributed by atoms with Crippen molar-refractivity contribution in [3.05, 3.63) is 251 Å². The number of fused-ring (bicyclic) bond motifs is 3. The fourth-order valence-electron chi connectivity index (χ4n) is 17.7. The molecule has 4 aromatic heterocycles. The number of hydrogen-bond acceptors (Lipinski definition) is 7. The Labute approximate surface area is 656 Å². The van der Waals surface area contributed by atoms with Crippen LogP contribution in [-0.2, 0) is 0 Å². The molecular weight excluding hydrogens is 1350 g/mol. The van der Waals surface area contributed by atoms with Crippen LogP contribution in [0.4, 0.5) is 0 Å². The number of rotatable bonds is 28. The normalized spacial score (nSPS) is 14.5. The Morgan fingerprint density at radius 2 is 0.818 bits per heavy atom. The van der Waals surface area contributed by atoms with Gasteiger partial charge in [-0.1, -0.05) is 303 Å². The zero-order chi connectivity index (χ0) is 78.4. The van der Waals surface area contributed by atoms with Crippen molar-refractivity contribution < 1.29 is 18.3 Å². The smallest absolute Gasteiger partial charge is 0.328 e. The summed E-state index contributed by atoms with van der Waals surface area (Å²) in [4.78, 5) is 15.5. The first-order valence-corrected chi connectivity index (χ1v) is 40.2. The zero-order valence-electron chi connectivity index (χ0n) is 68.6. The second-order valence-corrected chi connectivity index (χ2v) is 36.8. The SMILES string of the molecule is [C-]#[N+]/C(c1nc2cc(C)ccc2o1)=c1\c2c(-c3cccc(OCC(CCC(C)CC(C)(C)C)C(C)CC(C)(C)C)c3)n(B(c3ccccc3)c3ccccc3)/c(=C(/C#N)c3nc4cc(C)ccc4o3)c2c(-c2cccc(OCC(CCC(C)CC(C)(C)C)C(C)CC(C)(C)C)c2)n1B(c1ccccc1)c1ccccc1. The van der Waals surface area contributed by atoms with E-state index in [0.29, 0.717) is 92.1 Å². The molecule has 566 valence electrons. The Hall–Kier alpha value is -10.0.